The van der Waals surface area contributed by atoms with Gasteiger partial charge in [-0.3, -0.25) is 0 Å². The lowest BCUT2D eigenvalue weighted by molar-refractivity contribution is 0.481. The topological polar surface area (TPSA) is 90.1 Å². The molecule has 92 valence electrons. The largest absolute Gasteiger partial charge is 0.330 e. The number of nitrogens with two attached hydrogens (primary N) is 3. The summed E-state index contributed by atoms with van der Waals surface area (Å²) < 4.78 is 0. The smallest absolute Gasteiger partial charge is 0.000365 e. The van der Waals surface area contributed by atoms with Crippen molar-refractivity contribution in [3.63, 3.8) is 0 Å². The second-order valence-electron chi connectivity index (χ2n) is 4.10. The molecule has 0 saturated heterocycles. The maximum absolute atomic E-state index is 5.55. The van der Waals surface area contributed by atoms with E-state index in [2.05, 4.69) is 5.32 Å². The molecule has 4 nitrogen and oxygen atoms in total. The average Bonchev–Trinajstić information content (AvgIpc) is 2.27. The maximum atomic E-state index is 5.55. The lowest BCUT2D eigenvalue weighted by atomic mass is 10.1. The second kappa shape index (κ2) is 11.9. The molecular formula is C11H28N4. The highest BCUT2D eigenvalue weighted by Gasteiger charge is 2.01. The first-order valence-electron chi connectivity index (χ1n) is 6.16. The van der Waals surface area contributed by atoms with Crippen LogP contribution in [0.15, 0.2) is 0 Å². The van der Waals surface area contributed by atoms with Gasteiger partial charge in [0.05, 0.1) is 0 Å². The molecule has 0 aromatic heterocycles. The number of rotatable bonds is 11. The van der Waals surface area contributed by atoms with E-state index < -0.39 is 0 Å². The Kier molecular flexibility index (Phi) is 11.8. The summed E-state index contributed by atoms with van der Waals surface area (Å²) in [5.74, 6) is 0.433. The van der Waals surface area contributed by atoms with Crippen LogP contribution in [-0.2, 0) is 0 Å². The minimum absolute atomic E-state index is 0.433. The third-order valence-electron chi connectivity index (χ3n) is 2.66. The van der Waals surface area contributed by atoms with E-state index in [4.69, 9.17) is 17.2 Å². The third-order valence-corrected chi connectivity index (χ3v) is 2.66. The molecule has 0 radical (unpaired) electrons. The summed E-state index contributed by atoms with van der Waals surface area (Å²) in [7, 11) is 0. The van der Waals surface area contributed by atoms with Gasteiger partial charge in [-0.2, -0.15) is 0 Å². The zero-order valence-corrected chi connectivity index (χ0v) is 9.88. The van der Waals surface area contributed by atoms with Crippen molar-refractivity contribution in [2.45, 2.75) is 32.1 Å². The predicted octanol–water partition coefficient (Wildman–Crippen LogP) is 0.0188. The number of nitrogens with one attached hydrogen (secondary N) is 1. The van der Waals surface area contributed by atoms with Crippen LogP contribution in [0.5, 0.6) is 0 Å². The van der Waals surface area contributed by atoms with E-state index in [-0.39, 0.29) is 0 Å². The van der Waals surface area contributed by atoms with Crippen LogP contribution in [0.3, 0.4) is 0 Å². The van der Waals surface area contributed by atoms with E-state index in [1.54, 1.807) is 0 Å². The highest BCUT2D eigenvalue weighted by atomic mass is 14.9. The van der Waals surface area contributed by atoms with Gasteiger partial charge in [0.2, 0.25) is 0 Å². The highest BCUT2D eigenvalue weighted by Crippen LogP contribution is 2.01. The van der Waals surface area contributed by atoms with Gasteiger partial charge in [-0.05, 0) is 44.9 Å². The van der Waals surface area contributed by atoms with Crippen molar-refractivity contribution in [2.75, 3.05) is 32.7 Å². The molecule has 0 atom stereocenters. The molecule has 0 rings (SSSR count). The number of unbranched alkanes of at least 4 members (excludes halogenated alkanes) is 4. The van der Waals surface area contributed by atoms with Gasteiger partial charge in [0.15, 0.2) is 0 Å². The molecule has 0 aromatic carbocycles. The molecule has 0 fully saturated rings. The first-order valence-corrected chi connectivity index (χ1v) is 6.16. The maximum Gasteiger partial charge on any atom is 0.000365 e. The molecule has 0 heterocycles. The molecule has 0 aromatic rings. The molecular weight excluding hydrogens is 188 g/mol. The third kappa shape index (κ3) is 10.1. The zero-order valence-electron chi connectivity index (χ0n) is 9.88. The van der Waals surface area contributed by atoms with Gasteiger partial charge in [0, 0.05) is 6.54 Å². The van der Waals surface area contributed by atoms with Crippen LogP contribution in [0, 0.1) is 5.92 Å². The minimum Gasteiger partial charge on any atom is -0.330 e. The monoisotopic (exact) mass is 216 g/mol. The summed E-state index contributed by atoms with van der Waals surface area (Å²) in [6.45, 7) is 4.22. The molecule has 0 unspecified atom stereocenters. The molecule has 0 saturated carbocycles. The van der Waals surface area contributed by atoms with Gasteiger partial charge < -0.3 is 22.5 Å². The molecule has 0 aliphatic rings. The lowest BCUT2D eigenvalue weighted by Crippen LogP contribution is -2.33. The van der Waals surface area contributed by atoms with Crippen molar-refractivity contribution >= 4 is 0 Å². The predicted molar refractivity (Wildman–Crippen MR) is 66.6 cm³/mol. The van der Waals surface area contributed by atoms with Gasteiger partial charge in [0.1, 0.15) is 0 Å². The van der Waals surface area contributed by atoms with Crippen LogP contribution in [0.25, 0.3) is 0 Å². The second-order valence-corrected chi connectivity index (χ2v) is 4.10. The van der Waals surface area contributed by atoms with Gasteiger partial charge in [0.25, 0.3) is 0 Å². The Balaban J connectivity index is 3.04. The summed E-state index contributed by atoms with van der Waals surface area (Å²) in [6, 6.07) is 0. The van der Waals surface area contributed by atoms with Crippen molar-refractivity contribution in [3.05, 3.63) is 0 Å². The van der Waals surface area contributed by atoms with Crippen LogP contribution in [0.4, 0.5) is 0 Å². The van der Waals surface area contributed by atoms with E-state index in [0.29, 0.717) is 19.0 Å². The summed E-state index contributed by atoms with van der Waals surface area (Å²) in [5, 5.41) is 3.39. The Morgan fingerprint density at radius 2 is 1.40 bits per heavy atom. The van der Waals surface area contributed by atoms with Crippen LogP contribution in [-0.4, -0.2) is 32.7 Å². The first-order chi connectivity index (χ1) is 7.35. The molecule has 4 heteroatoms. The van der Waals surface area contributed by atoms with Gasteiger partial charge in [-0.25, -0.2) is 0 Å². The Labute approximate surface area is 94.0 Å². The van der Waals surface area contributed by atoms with Crippen LogP contribution < -0.4 is 22.5 Å². The summed E-state index contributed by atoms with van der Waals surface area (Å²) in [5.41, 5.74) is 16.5. The summed E-state index contributed by atoms with van der Waals surface area (Å²) in [6.07, 6.45) is 6.27. The fraction of sp³-hybridized carbons (Fsp3) is 1.00. The lowest BCUT2D eigenvalue weighted by Gasteiger charge is -2.12. The first kappa shape index (κ1) is 14.8. The zero-order chi connectivity index (χ0) is 11.4. The molecule has 0 spiro atoms. The van der Waals surface area contributed by atoms with Gasteiger partial charge in [-0.1, -0.05) is 19.3 Å². The van der Waals surface area contributed by atoms with Crippen molar-refractivity contribution in [2.24, 2.45) is 23.1 Å². The van der Waals surface area contributed by atoms with Crippen molar-refractivity contribution in [1.82, 2.24) is 5.32 Å². The summed E-state index contributed by atoms with van der Waals surface area (Å²) >= 11 is 0. The fourth-order valence-corrected chi connectivity index (χ4v) is 1.49. The fourth-order valence-electron chi connectivity index (χ4n) is 1.49. The number of hydrogen-bond donors (Lipinski definition) is 4. The molecule has 15 heavy (non-hydrogen) atoms. The van der Waals surface area contributed by atoms with E-state index in [1.165, 1.54) is 25.7 Å². The molecule has 0 amide bonds. The van der Waals surface area contributed by atoms with E-state index in [0.717, 1.165) is 26.1 Å². The van der Waals surface area contributed by atoms with E-state index in [1.807, 2.05) is 0 Å². The van der Waals surface area contributed by atoms with Crippen molar-refractivity contribution in [3.8, 4) is 0 Å². The highest BCUT2D eigenvalue weighted by molar-refractivity contribution is 4.63. The van der Waals surface area contributed by atoms with Crippen LogP contribution in [0.1, 0.15) is 32.1 Å². The molecule has 0 aliphatic heterocycles. The normalized spacial score (nSPS) is 11.2. The van der Waals surface area contributed by atoms with Crippen molar-refractivity contribution < 1.29 is 0 Å². The Hall–Kier alpha value is -0.160. The number of hydrogen-bond acceptors (Lipinski definition) is 4. The van der Waals surface area contributed by atoms with Gasteiger partial charge >= 0.3 is 0 Å². The summed E-state index contributed by atoms with van der Waals surface area (Å²) in [4.78, 5) is 0. The SMILES string of the molecule is NCCCCCCCNCC(CN)CN. The van der Waals surface area contributed by atoms with Crippen molar-refractivity contribution in [1.29, 1.82) is 0 Å². The minimum atomic E-state index is 0.433. The van der Waals surface area contributed by atoms with E-state index >= 15 is 0 Å². The van der Waals surface area contributed by atoms with Crippen LogP contribution >= 0.6 is 0 Å². The Morgan fingerprint density at radius 1 is 0.800 bits per heavy atom. The average molecular weight is 216 g/mol. The molecule has 7 N–H and O–H groups in total. The molecule has 0 aliphatic carbocycles. The Morgan fingerprint density at radius 3 is 2.00 bits per heavy atom. The molecule has 0 bridgehead atoms. The van der Waals surface area contributed by atoms with Gasteiger partial charge in [-0.15, -0.1) is 0 Å². The standard InChI is InChI=1S/C11H28N4/c12-6-4-2-1-3-5-7-15-10-11(8-13)9-14/h11,15H,1-10,12-14H2. The van der Waals surface area contributed by atoms with E-state index in [9.17, 15) is 0 Å². The Bertz CT molecular complexity index is 115. The van der Waals surface area contributed by atoms with Crippen LogP contribution in [0.2, 0.25) is 0 Å². The quantitative estimate of drug-likeness (QED) is 0.367.